The summed E-state index contributed by atoms with van der Waals surface area (Å²) in [5, 5.41) is 4.39. The van der Waals surface area contributed by atoms with Crippen molar-refractivity contribution in [1.29, 1.82) is 0 Å². The molecule has 0 spiro atoms. The largest absolute Gasteiger partial charge is 0.316 e. The summed E-state index contributed by atoms with van der Waals surface area (Å²) >= 11 is 2.15. The fourth-order valence-electron chi connectivity index (χ4n) is 3.16. The van der Waals surface area contributed by atoms with E-state index in [2.05, 4.69) is 73.1 Å². The minimum absolute atomic E-state index is 0.192. The van der Waals surface area contributed by atoms with Crippen molar-refractivity contribution in [3.05, 3.63) is 35.9 Å². The molecule has 21 heavy (non-hydrogen) atoms. The highest BCUT2D eigenvalue weighted by atomic mass is 32.2. The minimum atomic E-state index is 0.192. The van der Waals surface area contributed by atoms with Crippen molar-refractivity contribution in [2.75, 3.05) is 38.5 Å². The van der Waals surface area contributed by atoms with E-state index in [1.807, 2.05) is 0 Å². The van der Waals surface area contributed by atoms with Crippen LogP contribution in [0.5, 0.6) is 0 Å². The van der Waals surface area contributed by atoms with Crippen LogP contribution < -0.4 is 5.32 Å². The lowest BCUT2D eigenvalue weighted by atomic mass is 9.81. The molecule has 0 radical (unpaired) electrons. The number of hydrogen-bond acceptors (Lipinski definition) is 3. The maximum atomic E-state index is 3.57. The Balaban J connectivity index is 2.09. The average Bonchev–Trinajstić information content (AvgIpc) is 2.54. The summed E-state index contributed by atoms with van der Waals surface area (Å²) in [5.41, 5.74) is 1.65. The number of thioether (sulfide) groups is 1. The van der Waals surface area contributed by atoms with E-state index in [1.165, 1.54) is 30.8 Å². The standard InChI is InChI=1S/C18H30N2S/c1-4-17-13-20(11-12-21-17)15-18(3,14-19-5-2)16-9-7-6-8-10-16/h6-10,17,19H,4-5,11-15H2,1-3H3. The second-order valence-electron chi connectivity index (χ2n) is 6.34. The summed E-state index contributed by atoms with van der Waals surface area (Å²) in [6, 6.07) is 11.0. The first-order valence-corrected chi connectivity index (χ1v) is 9.33. The number of nitrogens with zero attached hydrogens (tertiary/aromatic N) is 1. The van der Waals surface area contributed by atoms with Gasteiger partial charge in [-0.05, 0) is 18.5 Å². The summed E-state index contributed by atoms with van der Waals surface area (Å²) < 4.78 is 0. The number of hydrogen-bond donors (Lipinski definition) is 1. The molecule has 0 amide bonds. The van der Waals surface area contributed by atoms with Gasteiger partial charge in [-0.3, -0.25) is 0 Å². The van der Waals surface area contributed by atoms with E-state index in [9.17, 15) is 0 Å². The Kier molecular flexibility index (Phi) is 6.59. The molecule has 1 heterocycles. The van der Waals surface area contributed by atoms with Crippen molar-refractivity contribution < 1.29 is 0 Å². The van der Waals surface area contributed by atoms with Gasteiger partial charge in [-0.1, -0.05) is 51.1 Å². The van der Waals surface area contributed by atoms with Crippen LogP contribution in [-0.2, 0) is 5.41 Å². The molecule has 3 heteroatoms. The van der Waals surface area contributed by atoms with Crippen LogP contribution in [0.4, 0.5) is 0 Å². The average molecular weight is 307 g/mol. The van der Waals surface area contributed by atoms with Crippen LogP contribution in [0.15, 0.2) is 30.3 Å². The Hall–Kier alpha value is -0.510. The third-order valence-electron chi connectivity index (χ3n) is 4.49. The summed E-state index contributed by atoms with van der Waals surface area (Å²) in [6.45, 7) is 12.6. The maximum Gasteiger partial charge on any atom is 0.0177 e. The van der Waals surface area contributed by atoms with Crippen LogP contribution in [-0.4, -0.2) is 48.6 Å². The number of likely N-dealkylation sites (N-methyl/N-ethyl adjacent to an activating group) is 1. The molecule has 118 valence electrons. The highest BCUT2D eigenvalue weighted by Crippen LogP contribution is 2.28. The third kappa shape index (κ3) is 4.73. The molecule has 1 aliphatic heterocycles. The Labute approximate surface area is 134 Å². The van der Waals surface area contributed by atoms with Gasteiger partial charge in [-0.15, -0.1) is 0 Å². The Morgan fingerprint density at radius 1 is 1.29 bits per heavy atom. The van der Waals surface area contributed by atoms with E-state index >= 15 is 0 Å². The predicted octanol–water partition coefficient (Wildman–Crippen LogP) is 3.38. The lowest BCUT2D eigenvalue weighted by Gasteiger charge is -2.40. The van der Waals surface area contributed by atoms with E-state index in [0.29, 0.717) is 0 Å². The van der Waals surface area contributed by atoms with E-state index in [0.717, 1.165) is 24.9 Å². The van der Waals surface area contributed by atoms with Crippen molar-refractivity contribution in [3.8, 4) is 0 Å². The fourth-order valence-corrected chi connectivity index (χ4v) is 4.40. The molecule has 1 aromatic carbocycles. The molecular weight excluding hydrogens is 276 g/mol. The third-order valence-corrected chi connectivity index (χ3v) is 5.86. The zero-order valence-electron chi connectivity index (χ0n) is 13.8. The SMILES string of the molecule is CCNCC(C)(CN1CCSC(CC)C1)c1ccccc1. The van der Waals surface area contributed by atoms with Gasteiger partial charge in [-0.2, -0.15) is 11.8 Å². The summed E-state index contributed by atoms with van der Waals surface area (Å²) in [7, 11) is 0. The van der Waals surface area contributed by atoms with Crippen molar-refractivity contribution in [3.63, 3.8) is 0 Å². The van der Waals surface area contributed by atoms with Gasteiger partial charge in [0.1, 0.15) is 0 Å². The second-order valence-corrected chi connectivity index (χ2v) is 7.75. The molecule has 1 aromatic rings. The van der Waals surface area contributed by atoms with Crippen LogP contribution in [0.25, 0.3) is 0 Å². The quantitative estimate of drug-likeness (QED) is 0.831. The van der Waals surface area contributed by atoms with Gasteiger partial charge in [0, 0.05) is 42.6 Å². The molecule has 0 aromatic heterocycles. The molecule has 1 fully saturated rings. The van der Waals surface area contributed by atoms with Gasteiger partial charge >= 0.3 is 0 Å². The monoisotopic (exact) mass is 306 g/mol. The Bertz CT molecular complexity index is 409. The van der Waals surface area contributed by atoms with Crippen molar-refractivity contribution in [2.45, 2.75) is 37.9 Å². The Morgan fingerprint density at radius 2 is 2.05 bits per heavy atom. The molecule has 0 aliphatic carbocycles. The first-order chi connectivity index (χ1) is 10.2. The van der Waals surface area contributed by atoms with Gasteiger partial charge in [0.15, 0.2) is 0 Å². The van der Waals surface area contributed by atoms with Crippen molar-refractivity contribution >= 4 is 11.8 Å². The lowest BCUT2D eigenvalue weighted by Crippen LogP contribution is -2.49. The summed E-state index contributed by atoms with van der Waals surface area (Å²) in [5.74, 6) is 1.28. The molecule has 0 saturated carbocycles. The molecule has 2 unspecified atom stereocenters. The van der Waals surface area contributed by atoms with E-state index in [1.54, 1.807) is 0 Å². The van der Waals surface area contributed by atoms with Crippen molar-refractivity contribution in [1.82, 2.24) is 10.2 Å². The fraction of sp³-hybridized carbons (Fsp3) is 0.667. The van der Waals surface area contributed by atoms with Crippen LogP contribution in [0.1, 0.15) is 32.8 Å². The molecule has 2 atom stereocenters. The first kappa shape index (κ1) is 16.9. The highest BCUT2D eigenvalue weighted by Gasteiger charge is 2.30. The van der Waals surface area contributed by atoms with Gasteiger partial charge in [0.2, 0.25) is 0 Å². The van der Waals surface area contributed by atoms with Crippen LogP contribution in [0.2, 0.25) is 0 Å². The van der Waals surface area contributed by atoms with Gasteiger partial charge in [0.25, 0.3) is 0 Å². The normalized spacial score (nSPS) is 22.9. The van der Waals surface area contributed by atoms with Gasteiger partial charge in [0.05, 0.1) is 0 Å². The van der Waals surface area contributed by atoms with Crippen LogP contribution >= 0.6 is 11.8 Å². The molecule has 2 rings (SSSR count). The van der Waals surface area contributed by atoms with Gasteiger partial charge in [-0.25, -0.2) is 0 Å². The summed E-state index contributed by atoms with van der Waals surface area (Å²) in [4.78, 5) is 2.68. The van der Waals surface area contributed by atoms with Crippen molar-refractivity contribution in [2.24, 2.45) is 0 Å². The second kappa shape index (κ2) is 8.21. The molecule has 1 aliphatic rings. The minimum Gasteiger partial charge on any atom is -0.316 e. The van der Waals surface area contributed by atoms with Gasteiger partial charge < -0.3 is 10.2 Å². The molecule has 1 N–H and O–H groups in total. The van der Waals surface area contributed by atoms with Crippen LogP contribution in [0.3, 0.4) is 0 Å². The topological polar surface area (TPSA) is 15.3 Å². The maximum absolute atomic E-state index is 3.57. The number of nitrogens with one attached hydrogen (secondary N) is 1. The smallest absolute Gasteiger partial charge is 0.0177 e. The molecule has 2 nitrogen and oxygen atoms in total. The number of rotatable bonds is 7. The predicted molar refractivity (Wildman–Crippen MR) is 95.3 cm³/mol. The van der Waals surface area contributed by atoms with E-state index in [-0.39, 0.29) is 5.41 Å². The zero-order chi connectivity index (χ0) is 15.1. The number of benzene rings is 1. The molecule has 0 bridgehead atoms. The molecule has 1 saturated heterocycles. The van der Waals surface area contributed by atoms with E-state index < -0.39 is 0 Å². The molecular formula is C18H30N2S. The lowest BCUT2D eigenvalue weighted by molar-refractivity contribution is 0.216. The highest BCUT2D eigenvalue weighted by molar-refractivity contribution is 8.00. The first-order valence-electron chi connectivity index (χ1n) is 8.28. The van der Waals surface area contributed by atoms with E-state index in [4.69, 9.17) is 0 Å². The Morgan fingerprint density at radius 3 is 2.71 bits per heavy atom. The summed E-state index contributed by atoms with van der Waals surface area (Å²) in [6.07, 6.45) is 1.29. The zero-order valence-corrected chi connectivity index (χ0v) is 14.6. The van der Waals surface area contributed by atoms with Crippen LogP contribution in [0, 0.1) is 0 Å².